The van der Waals surface area contributed by atoms with E-state index in [9.17, 15) is 0 Å². The van der Waals surface area contributed by atoms with E-state index in [4.69, 9.17) is 0 Å². The molecule has 0 amide bonds. The minimum Gasteiger partial charge on any atom is -0.310 e. The highest BCUT2D eigenvalue weighted by Crippen LogP contribution is 2.52. The van der Waals surface area contributed by atoms with Crippen LogP contribution in [0.25, 0.3) is 86.6 Å². The van der Waals surface area contributed by atoms with Gasteiger partial charge in [0.25, 0.3) is 0 Å². The van der Waals surface area contributed by atoms with Crippen molar-refractivity contribution >= 4 is 59.3 Å². The van der Waals surface area contributed by atoms with Crippen LogP contribution in [0.2, 0.25) is 0 Å². The zero-order valence-corrected chi connectivity index (χ0v) is 36.0. The first kappa shape index (κ1) is 37.3. The number of nitrogens with zero attached hydrogens (tertiary/aromatic N) is 1. The second-order valence-corrected chi connectivity index (χ2v) is 18.3. The Morgan fingerprint density at radius 3 is 1.71 bits per heavy atom. The van der Waals surface area contributed by atoms with Gasteiger partial charge in [-0.2, -0.15) is 0 Å². The van der Waals surface area contributed by atoms with Crippen molar-refractivity contribution in [2.75, 3.05) is 4.90 Å². The molecule has 1 aliphatic carbocycles. The van der Waals surface area contributed by atoms with E-state index in [1.807, 2.05) is 11.3 Å². The molecular formula is C61H43NS. The van der Waals surface area contributed by atoms with Gasteiger partial charge in [0.2, 0.25) is 0 Å². The Morgan fingerprint density at radius 1 is 0.349 bits per heavy atom. The summed E-state index contributed by atoms with van der Waals surface area (Å²) in [5.41, 5.74) is 18.5. The van der Waals surface area contributed by atoms with Crippen LogP contribution in [-0.2, 0) is 5.41 Å². The van der Waals surface area contributed by atoms with Gasteiger partial charge in [0.05, 0.1) is 0 Å². The van der Waals surface area contributed by atoms with Gasteiger partial charge in [0.15, 0.2) is 0 Å². The van der Waals surface area contributed by atoms with Crippen LogP contribution >= 0.6 is 11.3 Å². The minimum absolute atomic E-state index is 0.0973. The van der Waals surface area contributed by atoms with Crippen LogP contribution in [0.5, 0.6) is 0 Å². The van der Waals surface area contributed by atoms with E-state index >= 15 is 0 Å². The average Bonchev–Trinajstić information content (AvgIpc) is 3.84. The molecule has 12 rings (SSSR count). The van der Waals surface area contributed by atoms with Crippen LogP contribution < -0.4 is 4.90 Å². The van der Waals surface area contributed by atoms with Crippen LogP contribution in [-0.4, -0.2) is 0 Å². The number of thiophene rings is 1. The Hall–Kier alpha value is -7.52. The van der Waals surface area contributed by atoms with E-state index in [0.29, 0.717) is 0 Å². The summed E-state index contributed by atoms with van der Waals surface area (Å²) < 4.78 is 2.64. The Labute approximate surface area is 372 Å². The molecule has 0 saturated carbocycles. The highest BCUT2D eigenvalue weighted by atomic mass is 32.1. The van der Waals surface area contributed by atoms with Gasteiger partial charge in [0, 0.05) is 42.6 Å². The van der Waals surface area contributed by atoms with E-state index in [1.165, 1.54) is 97.7 Å². The summed E-state index contributed by atoms with van der Waals surface area (Å²) in [5.74, 6) is 0. The maximum Gasteiger partial charge on any atom is 0.0467 e. The van der Waals surface area contributed by atoms with Crippen molar-refractivity contribution in [1.82, 2.24) is 0 Å². The first-order valence-corrected chi connectivity index (χ1v) is 22.6. The van der Waals surface area contributed by atoms with Gasteiger partial charge >= 0.3 is 0 Å². The lowest BCUT2D eigenvalue weighted by atomic mass is 9.79. The minimum atomic E-state index is -0.0973. The topological polar surface area (TPSA) is 3.24 Å². The van der Waals surface area contributed by atoms with Gasteiger partial charge in [0.1, 0.15) is 0 Å². The van der Waals surface area contributed by atoms with Crippen molar-refractivity contribution in [3.8, 4) is 55.6 Å². The molecule has 1 nitrogen and oxygen atoms in total. The first-order chi connectivity index (χ1) is 31.0. The summed E-state index contributed by atoms with van der Waals surface area (Å²) in [5, 5.41) is 5.16. The Kier molecular flexibility index (Phi) is 8.77. The van der Waals surface area contributed by atoms with Gasteiger partial charge in [-0.1, -0.05) is 184 Å². The molecule has 0 atom stereocenters. The average molecular weight is 822 g/mol. The molecule has 0 bridgehead atoms. The van der Waals surface area contributed by atoms with Crippen LogP contribution in [0.4, 0.5) is 17.1 Å². The zero-order valence-electron chi connectivity index (χ0n) is 35.2. The van der Waals surface area contributed by atoms with Crippen LogP contribution in [0, 0.1) is 0 Å². The lowest BCUT2D eigenvalue weighted by Gasteiger charge is -2.27. The highest BCUT2D eigenvalue weighted by Gasteiger charge is 2.37. The molecule has 11 aromatic rings. The largest absolute Gasteiger partial charge is 0.310 e. The quantitative estimate of drug-likeness (QED) is 0.155. The van der Waals surface area contributed by atoms with Gasteiger partial charge in [-0.05, 0) is 132 Å². The summed E-state index contributed by atoms with van der Waals surface area (Å²) >= 11 is 1.87. The predicted molar refractivity (Wildman–Crippen MR) is 271 cm³/mol. The normalized spacial score (nSPS) is 12.7. The molecule has 0 spiro atoms. The molecule has 0 unspecified atom stereocenters. The van der Waals surface area contributed by atoms with Crippen molar-refractivity contribution in [1.29, 1.82) is 0 Å². The number of hydrogen-bond donors (Lipinski definition) is 0. The van der Waals surface area contributed by atoms with Crippen LogP contribution in [0.15, 0.2) is 224 Å². The van der Waals surface area contributed by atoms with E-state index in [1.54, 1.807) is 0 Å². The third-order valence-electron chi connectivity index (χ3n) is 13.3. The molecule has 10 aromatic carbocycles. The lowest BCUT2D eigenvalue weighted by Crippen LogP contribution is -2.16. The van der Waals surface area contributed by atoms with E-state index in [-0.39, 0.29) is 5.41 Å². The molecule has 0 aliphatic heterocycles. The molecule has 0 fully saturated rings. The van der Waals surface area contributed by atoms with E-state index in [2.05, 4.69) is 243 Å². The van der Waals surface area contributed by atoms with Gasteiger partial charge < -0.3 is 4.90 Å². The number of rotatable bonds is 7. The molecule has 298 valence electrons. The fourth-order valence-corrected chi connectivity index (χ4v) is 11.4. The smallest absolute Gasteiger partial charge is 0.0467 e. The summed E-state index contributed by atoms with van der Waals surface area (Å²) in [6.07, 6.45) is 0. The number of benzene rings is 10. The monoisotopic (exact) mass is 821 g/mol. The zero-order chi connectivity index (χ0) is 42.1. The summed E-state index contributed by atoms with van der Waals surface area (Å²) in [4.78, 5) is 2.40. The molecule has 0 saturated heterocycles. The van der Waals surface area contributed by atoms with Crippen molar-refractivity contribution < 1.29 is 0 Å². The Balaban J connectivity index is 0.965. The summed E-state index contributed by atoms with van der Waals surface area (Å²) in [6, 6.07) is 82.8. The maximum absolute atomic E-state index is 2.40. The summed E-state index contributed by atoms with van der Waals surface area (Å²) in [6.45, 7) is 4.74. The Morgan fingerprint density at radius 2 is 0.889 bits per heavy atom. The van der Waals surface area contributed by atoms with Crippen molar-refractivity contribution in [3.05, 3.63) is 236 Å². The fourth-order valence-electron chi connectivity index (χ4n) is 10.3. The van der Waals surface area contributed by atoms with Crippen molar-refractivity contribution in [2.45, 2.75) is 19.3 Å². The van der Waals surface area contributed by atoms with Crippen LogP contribution in [0.1, 0.15) is 25.0 Å². The molecule has 0 radical (unpaired) electrons. The second-order valence-electron chi connectivity index (χ2n) is 17.3. The lowest BCUT2D eigenvalue weighted by molar-refractivity contribution is 0.662. The fraction of sp³-hybridized carbons (Fsp3) is 0.0492. The number of hydrogen-bond acceptors (Lipinski definition) is 2. The molecule has 0 N–H and O–H groups in total. The van der Waals surface area contributed by atoms with Gasteiger partial charge in [-0.25, -0.2) is 0 Å². The van der Waals surface area contributed by atoms with E-state index < -0.39 is 0 Å². The third kappa shape index (κ3) is 6.21. The van der Waals surface area contributed by atoms with Crippen molar-refractivity contribution in [2.24, 2.45) is 0 Å². The van der Waals surface area contributed by atoms with Gasteiger partial charge in [-0.15, -0.1) is 11.3 Å². The molecule has 2 heteroatoms. The SMILES string of the molecule is CC1(C)c2ccccc2-c2cccc(-c3ccc(N(c4ccc(-c5cccc6sc7ccccc7c56)cc4)c4cccc(-c5cccc(-c6cccc7ccccc67)c5)c4)cc3)c21. The standard InChI is InChI=1S/C61H43NS/c1-61(2)56-27-7-5-21-53(56)54-26-12-25-52(60(54)61)42-32-36-47(37-33-42)62(46-34-30-41(31-35-46)51-24-13-29-58-59(51)55-22-6-8-28-57(55)63-58)48-19-10-17-44(39-48)43-16-9-18-45(38-43)50-23-11-15-40-14-3-4-20-49(40)50/h3-39H,1-2H3. The first-order valence-electron chi connectivity index (χ1n) is 21.8. The maximum atomic E-state index is 2.40. The van der Waals surface area contributed by atoms with Crippen molar-refractivity contribution in [3.63, 3.8) is 0 Å². The number of anilines is 3. The molecular weight excluding hydrogens is 779 g/mol. The Bertz CT molecular complexity index is 3530. The second kappa shape index (κ2) is 14.8. The third-order valence-corrected chi connectivity index (χ3v) is 14.4. The highest BCUT2D eigenvalue weighted by molar-refractivity contribution is 7.25. The van der Waals surface area contributed by atoms with E-state index in [0.717, 1.165) is 17.1 Å². The molecule has 63 heavy (non-hydrogen) atoms. The predicted octanol–water partition coefficient (Wildman–Crippen LogP) is 17.7. The molecule has 1 aromatic heterocycles. The number of fused-ring (bicyclic) bond motifs is 7. The van der Waals surface area contributed by atoms with Crippen LogP contribution in [0.3, 0.4) is 0 Å². The summed E-state index contributed by atoms with van der Waals surface area (Å²) in [7, 11) is 0. The molecule has 1 aliphatic rings. The molecule has 1 heterocycles. The van der Waals surface area contributed by atoms with Gasteiger partial charge in [-0.3, -0.25) is 0 Å².